The lowest BCUT2D eigenvalue weighted by Gasteiger charge is -2.34. The molecule has 0 radical (unpaired) electrons. The number of nitrogens with zero attached hydrogens (tertiary/aromatic N) is 9. The van der Waals surface area contributed by atoms with Gasteiger partial charge in [-0.05, 0) is 171 Å². The minimum atomic E-state index is -0.457. The predicted molar refractivity (Wildman–Crippen MR) is 590 cm³/mol. The molecule has 0 N–H and O–H groups in total. The van der Waals surface area contributed by atoms with E-state index < -0.39 is 5.41 Å². The minimum Gasteiger partial charge on any atom is -0.208 e. The predicted octanol–water partition coefficient (Wildman–Crippen LogP) is 33.7. The first kappa shape index (κ1) is 85.6. The first-order chi connectivity index (χ1) is 70.8. The van der Waals surface area contributed by atoms with E-state index in [2.05, 4.69) is 467 Å². The highest BCUT2D eigenvalue weighted by Gasteiger charge is 2.46. The highest BCUT2D eigenvalue weighted by Crippen LogP contribution is 2.56. The molecule has 0 fully saturated rings. The third kappa shape index (κ3) is 16.4. The van der Waals surface area contributed by atoms with Crippen LogP contribution in [-0.2, 0) is 5.41 Å². The summed E-state index contributed by atoms with van der Waals surface area (Å²) in [4.78, 5) is 45.7. The quantitative estimate of drug-likeness (QED) is 0.0925. The third-order valence-corrected chi connectivity index (χ3v) is 27.7. The van der Waals surface area contributed by atoms with Gasteiger partial charge in [0.05, 0.1) is 5.41 Å². The van der Waals surface area contributed by atoms with Crippen LogP contribution in [0.25, 0.3) is 234 Å². The van der Waals surface area contributed by atoms with Gasteiger partial charge in [0, 0.05) is 50.1 Å². The van der Waals surface area contributed by atoms with Crippen molar-refractivity contribution in [1.29, 1.82) is 0 Å². The fraction of sp³-hybridized carbons (Fsp3) is 0.00746. The van der Waals surface area contributed by atoms with Crippen molar-refractivity contribution >= 4 is 75.4 Å². The SMILES string of the molecule is c1ccc(-c2ccc(-c3ccc(-c4nc(-c5ccccc5)nc(-c5ccc6c(ccc7ccccc76)c5)n4)cc3)cc2)cc1.c1ccc(-c2ccc(-c3nc(-c4cccc5c(-c6ccccc6)cccc45)nc(-c4cc5ccccc5c5ccccc45)n3)cc2)cc1.c1ccc(-c2nc(-c3ccc(C4(c5ccccc5)c5ccccc5-c5ccccc54)cc3)nc(-c3ccc4c(ccc5ccccc54)c3)n2)cc1. The zero-order chi connectivity index (χ0) is 94.9. The molecule has 0 bridgehead atoms. The van der Waals surface area contributed by atoms with Gasteiger partial charge in [-0.1, -0.05) is 510 Å². The molecular formula is C134H87N9. The Bertz CT molecular complexity index is 9230. The molecule has 1 aliphatic rings. The monoisotopic (exact) mass is 1820 g/mol. The molecule has 3 aromatic heterocycles. The standard InChI is InChI=1S/C48H31N3.C45H29N3.C41H27N3/c1-3-14-33(15-4-1)45-49-46(51-47(50-45)36-27-30-40-35(31-36)24-23-32-13-7-8-18-39(32)40)34-25-28-38(29-26-34)48(37-16-5-2-6-17-37)43-21-11-9-19-41(43)42-20-10-12-22-44(42)48;1-3-13-30(14-4-1)31-25-27-33(28-26-31)43-46-44(41-24-12-22-38-35(21-11-23-39(38)41)32-15-5-2-6-16-32)48-45(47-43)42-29-34-17-7-8-18-36(34)37-19-9-10-20-40(37)42;1-3-9-28(10-4-1)29-15-17-30(18-16-29)31-19-22-34(23-20-31)40-42-39(33-12-5-2-6-13-33)43-41(44-40)36-25-26-38-35(27-36)24-21-32-11-7-8-14-37(32)38/h1-31H;1-29H;1-27H. The number of hydrogen-bond acceptors (Lipinski definition) is 9. The van der Waals surface area contributed by atoms with Crippen molar-refractivity contribution in [3.63, 3.8) is 0 Å². The van der Waals surface area contributed by atoms with Gasteiger partial charge in [0.15, 0.2) is 52.4 Å². The average Bonchev–Trinajstić information content (AvgIpc) is 1.54. The number of rotatable bonds is 15. The van der Waals surface area contributed by atoms with Crippen molar-refractivity contribution in [1.82, 2.24) is 44.9 Å². The molecule has 0 atom stereocenters. The molecule has 143 heavy (non-hydrogen) atoms. The van der Waals surface area contributed by atoms with Crippen LogP contribution >= 0.6 is 0 Å². The molecule has 0 spiro atoms. The zero-order valence-corrected chi connectivity index (χ0v) is 77.8. The van der Waals surface area contributed by atoms with Gasteiger partial charge in [-0.3, -0.25) is 0 Å². The van der Waals surface area contributed by atoms with E-state index in [1.807, 2.05) is 60.7 Å². The second-order valence-electron chi connectivity index (χ2n) is 36.1. The van der Waals surface area contributed by atoms with Crippen LogP contribution in [-0.4, -0.2) is 44.9 Å². The normalized spacial score (nSPS) is 11.8. The molecule has 9 nitrogen and oxygen atoms in total. The molecule has 1 aliphatic carbocycles. The van der Waals surface area contributed by atoms with Crippen molar-refractivity contribution in [3.05, 3.63) is 550 Å². The Hall–Kier alpha value is -19.1. The Kier molecular flexibility index (Phi) is 22.4. The van der Waals surface area contributed by atoms with E-state index in [1.165, 1.54) is 110 Å². The number of fused-ring (bicyclic) bond motifs is 13. The molecule has 668 valence electrons. The molecule has 0 aliphatic heterocycles. The fourth-order valence-corrected chi connectivity index (χ4v) is 20.7. The Morgan fingerprint density at radius 2 is 0.350 bits per heavy atom. The van der Waals surface area contributed by atoms with Gasteiger partial charge in [-0.2, -0.15) is 0 Å². The van der Waals surface area contributed by atoms with Crippen LogP contribution in [0.3, 0.4) is 0 Å². The topological polar surface area (TPSA) is 116 Å². The number of aromatic nitrogens is 9. The van der Waals surface area contributed by atoms with Crippen LogP contribution in [0.2, 0.25) is 0 Å². The van der Waals surface area contributed by atoms with Gasteiger partial charge in [-0.25, -0.2) is 44.9 Å². The summed E-state index contributed by atoms with van der Waals surface area (Å²) < 4.78 is 0. The summed E-state index contributed by atoms with van der Waals surface area (Å²) in [5.41, 5.74) is 25.2. The van der Waals surface area contributed by atoms with Crippen LogP contribution in [0.15, 0.2) is 528 Å². The average molecular weight is 1820 g/mol. The van der Waals surface area contributed by atoms with Crippen molar-refractivity contribution in [2.75, 3.05) is 0 Å². The first-order valence-corrected chi connectivity index (χ1v) is 48.4. The fourth-order valence-electron chi connectivity index (χ4n) is 20.7. The van der Waals surface area contributed by atoms with E-state index in [1.54, 1.807) is 0 Å². The largest absolute Gasteiger partial charge is 0.208 e. The summed E-state index contributed by atoms with van der Waals surface area (Å²) >= 11 is 0. The summed E-state index contributed by atoms with van der Waals surface area (Å²) in [7, 11) is 0. The van der Waals surface area contributed by atoms with Crippen molar-refractivity contribution in [2.24, 2.45) is 0 Å². The lowest BCUT2D eigenvalue weighted by Crippen LogP contribution is -2.28. The van der Waals surface area contributed by atoms with Gasteiger partial charge < -0.3 is 0 Å². The van der Waals surface area contributed by atoms with Crippen molar-refractivity contribution < 1.29 is 0 Å². The summed E-state index contributed by atoms with van der Waals surface area (Å²) in [5, 5.41) is 16.6. The Balaban J connectivity index is 0.000000113. The maximum Gasteiger partial charge on any atom is 0.164 e. The summed E-state index contributed by atoms with van der Waals surface area (Å²) in [5.74, 6) is 5.85. The highest BCUT2D eigenvalue weighted by molar-refractivity contribution is 6.14. The van der Waals surface area contributed by atoms with Crippen molar-refractivity contribution in [2.45, 2.75) is 5.41 Å². The van der Waals surface area contributed by atoms with Gasteiger partial charge >= 0.3 is 0 Å². The minimum absolute atomic E-state index is 0.457. The summed E-state index contributed by atoms with van der Waals surface area (Å²) in [6.45, 7) is 0. The van der Waals surface area contributed by atoms with Gasteiger partial charge in [0.2, 0.25) is 0 Å². The molecule has 9 heteroatoms. The lowest BCUT2D eigenvalue weighted by atomic mass is 9.67. The maximum atomic E-state index is 5.25. The van der Waals surface area contributed by atoms with Gasteiger partial charge in [-0.15, -0.1) is 0 Å². The summed E-state index contributed by atoms with van der Waals surface area (Å²) in [6, 6.07) is 186. The molecule has 3 heterocycles. The van der Waals surface area contributed by atoms with Gasteiger partial charge in [0.25, 0.3) is 0 Å². The molecule has 27 rings (SSSR count). The molecule has 0 unspecified atom stereocenters. The molecular weight excluding hydrogens is 1740 g/mol. The smallest absolute Gasteiger partial charge is 0.164 e. The molecule has 0 amide bonds. The number of hydrogen-bond donors (Lipinski definition) is 0. The Morgan fingerprint density at radius 3 is 0.790 bits per heavy atom. The van der Waals surface area contributed by atoms with Crippen molar-refractivity contribution in [3.8, 4) is 158 Å². The van der Waals surface area contributed by atoms with Gasteiger partial charge in [0.1, 0.15) is 0 Å². The Morgan fingerprint density at radius 1 is 0.112 bits per heavy atom. The zero-order valence-electron chi connectivity index (χ0n) is 77.8. The van der Waals surface area contributed by atoms with E-state index in [0.29, 0.717) is 52.4 Å². The van der Waals surface area contributed by atoms with Crippen LogP contribution in [0.1, 0.15) is 22.3 Å². The molecule has 26 aromatic rings. The van der Waals surface area contributed by atoms with Crippen LogP contribution in [0.5, 0.6) is 0 Å². The van der Waals surface area contributed by atoms with Crippen LogP contribution < -0.4 is 0 Å². The van der Waals surface area contributed by atoms with Crippen LogP contribution in [0, 0.1) is 0 Å². The lowest BCUT2D eigenvalue weighted by molar-refractivity contribution is 0.768. The molecule has 0 saturated carbocycles. The van der Waals surface area contributed by atoms with E-state index in [9.17, 15) is 0 Å². The Labute approximate surface area is 828 Å². The highest BCUT2D eigenvalue weighted by atomic mass is 15.1. The second-order valence-corrected chi connectivity index (χ2v) is 36.1. The first-order valence-electron chi connectivity index (χ1n) is 48.4. The van der Waals surface area contributed by atoms with E-state index in [-0.39, 0.29) is 0 Å². The third-order valence-electron chi connectivity index (χ3n) is 27.7. The van der Waals surface area contributed by atoms with E-state index in [4.69, 9.17) is 44.9 Å². The number of benzene rings is 23. The summed E-state index contributed by atoms with van der Waals surface area (Å²) in [6.07, 6.45) is 0. The second kappa shape index (κ2) is 37.4. The molecule has 0 saturated heterocycles. The maximum absolute atomic E-state index is 5.25. The van der Waals surface area contributed by atoms with E-state index >= 15 is 0 Å². The van der Waals surface area contributed by atoms with E-state index in [0.717, 1.165) is 93.5 Å². The van der Waals surface area contributed by atoms with Crippen LogP contribution in [0.4, 0.5) is 0 Å². The molecule has 23 aromatic carbocycles.